The minimum Gasteiger partial charge on any atom is -0.481 e. The Labute approximate surface area is 224 Å². The van der Waals surface area contributed by atoms with Crippen LogP contribution in [0.3, 0.4) is 0 Å². The van der Waals surface area contributed by atoms with Crippen molar-refractivity contribution in [3.05, 3.63) is 60.2 Å². The molecule has 3 N–H and O–H groups in total. The van der Waals surface area contributed by atoms with E-state index < -0.39 is 23.8 Å². The molecule has 0 radical (unpaired) electrons. The minimum atomic E-state index is -0.840. The Kier molecular flexibility index (Phi) is 9.93. The van der Waals surface area contributed by atoms with Crippen LogP contribution in [-0.2, 0) is 14.3 Å². The number of benzene rings is 2. The highest BCUT2D eigenvalue weighted by atomic mass is 16.6. The fourth-order valence-electron chi connectivity index (χ4n) is 4.38. The van der Waals surface area contributed by atoms with Gasteiger partial charge in [-0.2, -0.15) is 0 Å². The number of amides is 2. The highest BCUT2D eigenvalue weighted by molar-refractivity contribution is 5.93. The molecule has 0 spiro atoms. The number of hydrogen-bond donors (Lipinski definition) is 3. The molecule has 0 unspecified atom stereocenters. The van der Waals surface area contributed by atoms with Crippen LogP contribution in [0.5, 0.6) is 0 Å². The van der Waals surface area contributed by atoms with Crippen LogP contribution in [0.25, 0.3) is 16.7 Å². The van der Waals surface area contributed by atoms with Gasteiger partial charge in [0.25, 0.3) is 0 Å². The van der Waals surface area contributed by atoms with Gasteiger partial charge in [0.2, 0.25) is 0 Å². The summed E-state index contributed by atoms with van der Waals surface area (Å²) in [6, 6.07) is 15.5. The lowest BCUT2D eigenvalue weighted by molar-refractivity contribution is -0.136. The Bertz CT molecular complexity index is 1150. The van der Waals surface area contributed by atoms with Gasteiger partial charge in [-0.3, -0.25) is 10.1 Å². The number of carboxylic acid groups (broad SMARTS) is 1. The fourth-order valence-corrected chi connectivity index (χ4v) is 4.38. The Morgan fingerprint density at radius 3 is 2.32 bits per heavy atom. The van der Waals surface area contributed by atoms with Crippen molar-refractivity contribution in [3.8, 4) is 11.1 Å². The largest absolute Gasteiger partial charge is 0.481 e. The maximum Gasteiger partial charge on any atom is 0.411 e. The normalized spacial score (nSPS) is 17.8. The Balaban J connectivity index is 1.65. The van der Waals surface area contributed by atoms with Gasteiger partial charge in [0.15, 0.2) is 0 Å². The van der Waals surface area contributed by atoms with Gasteiger partial charge in [-0.1, -0.05) is 48.5 Å². The van der Waals surface area contributed by atoms with E-state index in [4.69, 9.17) is 14.6 Å². The third-order valence-electron chi connectivity index (χ3n) is 6.27. The predicted molar refractivity (Wildman–Crippen MR) is 148 cm³/mol. The molecule has 3 rings (SSSR count). The summed E-state index contributed by atoms with van der Waals surface area (Å²) in [5.41, 5.74) is 3.69. The monoisotopic (exact) mass is 522 g/mol. The van der Waals surface area contributed by atoms with E-state index in [0.717, 1.165) is 22.3 Å². The third kappa shape index (κ3) is 9.25. The van der Waals surface area contributed by atoms with E-state index in [-0.39, 0.29) is 18.6 Å². The van der Waals surface area contributed by atoms with Gasteiger partial charge in [-0.25, -0.2) is 9.59 Å². The summed E-state index contributed by atoms with van der Waals surface area (Å²) in [5, 5.41) is 14.7. The maximum absolute atomic E-state index is 12.9. The van der Waals surface area contributed by atoms with Gasteiger partial charge in [-0.15, -0.1) is 0 Å². The molecule has 2 amide bonds. The second kappa shape index (κ2) is 13.1. The summed E-state index contributed by atoms with van der Waals surface area (Å²) in [5.74, 6) is -0.840. The standard InChI is InChI=1S/C30H38N2O6/c1-20(9-8-12-27(33)34)22-13-18-25(21-10-6-5-7-11-21)26(19-22)32-28(35)37-24-16-14-23(15-17-24)31-29(36)38-30(2,3)4/h5-7,9-11,13,18-19,23-24H,8,12,14-17H2,1-4H3,(H,31,36)(H,32,35)(H,33,34)/b20-9+. The predicted octanol–water partition coefficient (Wildman–Crippen LogP) is 7.01. The summed E-state index contributed by atoms with van der Waals surface area (Å²) in [7, 11) is 0. The number of carbonyl (C=O) groups is 3. The Hall–Kier alpha value is -3.81. The van der Waals surface area contributed by atoms with Gasteiger partial charge in [0.1, 0.15) is 11.7 Å². The summed E-state index contributed by atoms with van der Waals surface area (Å²) in [6.07, 6.45) is 3.85. The topological polar surface area (TPSA) is 114 Å². The van der Waals surface area contributed by atoms with Crippen LogP contribution >= 0.6 is 0 Å². The Morgan fingerprint density at radius 2 is 1.68 bits per heavy atom. The van der Waals surface area contributed by atoms with Crippen LogP contribution < -0.4 is 10.6 Å². The maximum atomic E-state index is 12.9. The molecule has 2 aromatic carbocycles. The first-order valence-corrected chi connectivity index (χ1v) is 13.1. The van der Waals surface area contributed by atoms with E-state index in [0.29, 0.717) is 37.8 Å². The van der Waals surface area contributed by atoms with Crippen LogP contribution in [-0.4, -0.2) is 41.0 Å². The number of hydrogen-bond acceptors (Lipinski definition) is 5. The van der Waals surface area contributed by atoms with E-state index in [1.807, 2.05) is 82.3 Å². The molecule has 0 aromatic heterocycles. The molecular formula is C30H38N2O6. The quantitative estimate of drug-likeness (QED) is 0.344. The molecule has 1 aliphatic rings. The van der Waals surface area contributed by atoms with Crippen LogP contribution in [0, 0.1) is 0 Å². The van der Waals surface area contributed by atoms with Crippen LogP contribution in [0.1, 0.15) is 71.8 Å². The molecule has 204 valence electrons. The lowest BCUT2D eigenvalue weighted by Gasteiger charge is -2.30. The Morgan fingerprint density at radius 1 is 1.00 bits per heavy atom. The molecule has 1 aliphatic carbocycles. The van der Waals surface area contributed by atoms with Crippen molar-refractivity contribution < 1.29 is 29.0 Å². The van der Waals surface area contributed by atoms with E-state index in [9.17, 15) is 14.4 Å². The van der Waals surface area contributed by atoms with Gasteiger partial charge < -0.3 is 19.9 Å². The van der Waals surface area contributed by atoms with E-state index in [2.05, 4.69) is 10.6 Å². The molecule has 2 aromatic rings. The SMILES string of the molecule is C/C(=C\CCC(=O)O)c1ccc(-c2ccccc2)c(NC(=O)OC2CCC(NC(=O)OC(C)(C)C)CC2)c1. The van der Waals surface area contributed by atoms with Crippen molar-refractivity contribution in [2.24, 2.45) is 0 Å². The van der Waals surface area contributed by atoms with Crippen molar-refractivity contribution in [1.29, 1.82) is 0 Å². The number of nitrogens with one attached hydrogen (secondary N) is 2. The zero-order valence-corrected chi connectivity index (χ0v) is 22.6. The van der Waals surface area contributed by atoms with Crippen LogP contribution in [0.2, 0.25) is 0 Å². The molecule has 0 atom stereocenters. The number of carboxylic acids is 1. The molecule has 0 bridgehead atoms. The lowest BCUT2D eigenvalue weighted by atomic mass is 9.93. The average molecular weight is 523 g/mol. The van der Waals surface area contributed by atoms with Crippen molar-refractivity contribution in [1.82, 2.24) is 5.32 Å². The number of anilines is 1. The van der Waals surface area contributed by atoms with Gasteiger partial charge >= 0.3 is 18.2 Å². The fraction of sp³-hybridized carbons (Fsp3) is 0.433. The smallest absolute Gasteiger partial charge is 0.411 e. The first kappa shape index (κ1) is 28.8. The zero-order chi connectivity index (χ0) is 27.7. The third-order valence-corrected chi connectivity index (χ3v) is 6.27. The second-order valence-corrected chi connectivity index (χ2v) is 10.6. The molecular weight excluding hydrogens is 484 g/mol. The number of rotatable bonds is 8. The van der Waals surface area contributed by atoms with E-state index >= 15 is 0 Å². The van der Waals surface area contributed by atoms with Gasteiger partial charge in [0.05, 0.1) is 5.69 Å². The van der Waals surface area contributed by atoms with Crippen molar-refractivity contribution in [3.63, 3.8) is 0 Å². The van der Waals surface area contributed by atoms with Crippen molar-refractivity contribution in [2.75, 3.05) is 5.32 Å². The molecule has 8 nitrogen and oxygen atoms in total. The average Bonchev–Trinajstić information content (AvgIpc) is 2.84. The zero-order valence-electron chi connectivity index (χ0n) is 22.6. The number of carbonyl (C=O) groups excluding carboxylic acids is 2. The first-order chi connectivity index (χ1) is 18.0. The summed E-state index contributed by atoms with van der Waals surface area (Å²) in [4.78, 5) is 35.8. The van der Waals surface area contributed by atoms with E-state index in [1.54, 1.807) is 0 Å². The van der Waals surface area contributed by atoms with Crippen molar-refractivity contribution >= 4 is 29.4 Å². The number of ether oxygens (including phenoxy) is 2. The van der Waals surface area contributed by atoms with Gasteiger partial charge in [0, 0.05) is 18.0 Å². The molecule has 1 saturated carbocycles. The molecule has 0 heterocycles. The summed E-state index contributed by atoms with van der Waals surface area (Å²) >= 11 is 0. The van der Waals surface area contributed by atoms with Crippen molar-refractivity contribution in [2.45, 2.75) is 84.0 Å². The molecule has 38 heavy (non-hydrogen) atoms. The number of aliphatic carboxylic acids is 1. The van der Waals surface area contributed by atoms with E-state index in [1.165, 1.54) is 0 Å². The number of allylic oxidation sites excluding steroid dienone is 2. The van der Waals surface area contributed by atoms with Crippen LogP contribution in [0.4, 0.5) is 15.3 Å². The van der Waals surface area contributed by atoms with Crippen LogP contribution in [0.15, 0.2) is 54.6 Å². The number of alkyl carbamates (subject to hydrolysis) is 1. The minimum absolute atomic E-state index is 0.00924. The molecule has 0 aliphatic heterocycles. The first-order valence-electron chi connectivity index (χ1n) is 13.1. The highest BCUT2D eigenvalue weighted by Crippen LogP contribution is 2.32. The molecule has 0 saturated heterocycles. The second-order valence-electron chi connectivity index (χ2n) is 10.6. The molecule has 8 heteroatoms. The summed E-state index contributed by atoms with van der Waals surface area (Å²) < 4.78 is 11.1. The van der Waals surface area contributed by atoms with Gasteiger partial charge in [-0.05, 0) is 82.6 Å². The molecule has 1 fully saturated rings. The lowest BCUT2D eigenvalue weighted by Crippen LogP contribution is -2.42. The summed E-state index contributed by atoms with van der Waals surface area (Å²) in [6.45, 7) is 7.40. The highest BCUT2D eigenvalue weighted by Gasteiger charge is 2.27.